The molecule has 1 rings (SSSR count). The van der Waals surface area contributed by atoms with Gasteiger partial charge in [0.15, 0.2) is 0 Å². The van der Waals surface area contributed by atoms with Crippen LogP contribution in [0.25, 0.3) is 0 Å². The second kappa shape index (κ2) is 6.65. The highest BCUT2D eigenvalue weighted by Crippen LogP contribution is 2.30. The Morgan fingerprint density at radius 1 is 1.29 bits per heavy atom. The molecular formula is C15H25NO. The third kappa shape index (κ3) is 3.47. The Kier molecular flexibility index (Phi) is 5.49. The van der Waals surface area contributed by atoms with Crippen LogP contribution in [0.1, 0.15) is 44.2 Å². The maximum atomic E-state index is 5.47. The number of ether oxygens (including phenoxy) is 1. The van der Waals surface area contributed by atoms with E-state index >= 15 is 0 Å². The van der Waals surface area contributed by atoms with Gasteiger partial charge in [-0.3, -0.25) is 0 Å². The van der Waals surface area contributed by atoms with Gasteiger partial charge >= 0.3 is 0 Å². The largest absolute Gasteiger partial charge is 0.496 e. The molecule has 1 aromatic carbocycles. The minimum Gasteiger partial charge on any atom is -0.496 e. The topological polar surface area (TPSA) is 21.3 Å². The molecule has 2 atom stereocenters. The summed E-state index contributed by atoms with van der Waals surface area (Å²) < 4.78 is 5.47. The average Bonchev–Trinajstić information content (AvgIpc) is 2.35. The van der Waals surface area contributed by atoms with E-state index in [9.17, 15) is 0 Å². The molecule has 0 aliphatic rings. The van der Waals surface area contributed by atoms with E-state index in [-0.39, 0.29) is 0 Å². The molecule has 0 aliphatic heterocycles. The van der Waals surface area contributed by atoms with Gasteiger partial charge in [0.05, 0.1) is 7.11 Å². The summed E-state index contributed by atoms with van der Waals surface area (Å²) in [4.78, 5) is 0. The first-order valence-electron chi connectivity index (χ1n) is 6.51. The molecule has 0 amide bonds. The third-order valence-corrected chi connectivity index (χ3v) is 3.39. The number of benzene rings is 1. The molecule has 1 aromatic rings. The van der Waals surface area contributed by atoms with E-state index in [1.165, 1.54) is 11.1 Å². The van der Waals surface area contributed by atoms with Crippen molar-refractivity contribution in [2.75, 3.05) is 13.7 Å². The fourth-order valence-corrected chi connectivity index (χ4v) is 2.36. The molecule has 0 fully saturated rings. The fraction of sp³-hybridized carbons (Fsp3) is 0.600. The highest BCUT2D eigenvalue weighted by Gasteiger charge is 2.19. The van der Waals surface area contributed by atoms with Crippen LogP contribution in [0.15, 0.2) is 18.2 Å². The van der Waals surface area contributed by atoms with Crippen LogP contribution in [0.4, 0.5) is 0 Å². The van der Waals surface area contributed by atoms with Crippen LogP contribution in [-0.4, -0.2) is 19.7 Å². The van der Waals surface area contributed by atoms with Crippen molar-refractivity contribution < 1.29 is 4.74 Å². The van der Waals surface area contributed by atoms with Gasteiger partial charge < -0.3 is 10.1 Å². The molecule has 0 heterocycles. The van der Waals surface area contributed by atoms with Gasteiger partial charge in [-0.05, 0) is 31.5 Å². The van der Waals surface area contributed by atoms with E-state index < -0.39 is 0 Å². The lowest BCUT2D eigenvalue weighted by molar-refractivity contribution is 0.390. The molecule has 0 aliphatic carbocycles. The summed E-state index contributed by atoms with van der Waals surface area (Å²) >= 11 is 0. The number of rotatable bonds is 6. The first kappa shape index (κ1) is 14.0. The molecular weight excluding hydrogens is 210 g/mol. The van der Waals surface area contributed by atoms with E-state index in [0.29, 0.717) is 12.0 Å². The minimum atomic E-state index is 0.467. The number of hydrogen-bond donors (Lipinski definition) is 1. The summed E-state index contributed by atoms with van der Waals surface area (Å²) in [6, 6.07) is 6.92. The highest BCUT2D eigenvalue weighted by atomic mass is 16.5. The molecule has 0 saturated carbocycles. The van der Waals surface area contributed by atoms with Crippen LogP contribution < -0.4 is 10.1 Å². The van der Waals surface area contributed by atoms with Crippen molar-refractivity contribution >= 4 is 0 Å². The summed E-state index contributed by atoms with van der Waals surface area (Å²) in [5.74, 6) is 1.47. The summed E-state index contributed by atoms with van der Waals surface area (Å²) in [6.45, 7) is 9.80. The van der Waals surface area contributed by atoms with Crippen molar-refractivity contribution in [1.29, 1.82) is 0 Å². The van der Waals surface area contributed by atoms with Crippen molar-refractivity contribution in [3.05, 3.63) is 29.3 Å². The van der Waals surface area contributed by atoms with Gasteiger partial charge in [-0.1, -0.05) is 38.5 Å². The van der Waals surface area contributed by atoms with Crippen molar-refractivity contribution in [3.63, 3.8) is 0 Å². The molecule has 1 N–H and O–H groups in total. The van der Waals surface area contributed by atoms with Crippen LogP contribution in [0.3, 0.4) is 0 Å². The normalized spacial score (nSPS) is 14.4. The summed E-state index contributed by atoms with van der Waals surface area (Å²) in [5.41, 5.74) is 2.60. The zero-order valence-electron chi connectivity index (χ0n) is 11.7. The van der Waals surface area contributed by atoms with Crippen molar-refractivity contribution in [2.24, 2.45) is 0 Å². The van der Waals surface area contributed by atoms with Gasteiger partial charge in [0, 0.05) is 12.0 Å². The Labute approximate surface area is 105 Å². The lowest BCUT2D eigenvalue weighted by Gasteiger charge is -2.25. The smallest absolute Gasteiger partial charge is 0.122 e. The summed E-state index contributed by atoms with van der Waals surface area (Å²) in [5, 5.41) is 3.55. The second-order valence-electron chi connectivity index (χ2n) is 4.61. The van der Waals surface area contributed by atoms with Crippen LogP contribution in [0.2, 0.25) is 0 Å². The highest BCUT2D eigenvalue weighted by molar-refractivity contribution is 5.39. The van der Waals surface area contributed by atoms with Crippen LogP contribution in [0.5, 0.6) is 5.75 Å². The predicted octanol–water partition coefficient (Wildman–Crippen LogP) is 3.50. The number of aryl methyl sites for hydroxylation is 1. The maximum absolute atomic E-state index is 5.47. The van der Waals surface area contributed by atoms with Crippen molar-refractivity contribution in [3.8, 4) is 5.75 Å². The minimum absolute atomic E-state index is 0.467. The van der Waals surface area contributed by atoms with Crippen LogP contribution in [0, 0.1) is 6.92 Å². The fourth-order valence-electron chi connectivity index (χ4n) is 2.36. The Bertz CT molecular complexity index is 349. The van der Waals surface area contributed by atoms with E-state index in [1.807, 2.05) is 0 Å². The molecule has 2 heteroatoms. The van der Waals surface area contributed by atoms with Crippen molar-refractivity contribution in [1.82, 2.24) is 5.32 Å². The molecule has 17 heavy (non-hydrogen) atoms. The average molecular weight is 235 g/mol. The monoisotopic (exact) mass is 235 g/mol. The Balaban J connectivity index is 2.99. The maximum Gasteiger partial charge on any atom is 0.122 e. The molecule has 96 valence electrons. The summed E-state index contributed by atoms with van der Waals surface area (Å²) in [7, 11) is 1.75. The van der Waals surface area contributed by atoms with Gasteiger partial charge in [-0.25, -0.2) is 0 Å². The van der Waals surface area contributed by atoms with Crippen LogP contribution in [-0.2, 0) is 0 Å². The van der Waals surface area contributed by atoms with Crippen LogP contribution >= 0.6 is 0 Å². The van der Waals surface area contributed by atoms with E-state index in [4.69, 9.17) is 4.74 Å². The molecule has 0 radical (unpaired) electrons. The first-order chi connectivity index (χ1) is 8.13. The number of likely N-dealkylation sites (N-methyl/N-ethyl adjacent to an activating group) is 1. The van der Waals surface area contributed by atoms with Gasteiger partial charge in [-0.2, -0.15) is 0 Å². The molecule has 0 spiro atoms. The zero-order chi connectivity index (χ0) is 12.8. The number of methoxy groups -OCH3 is 1. The zero-order valence-corrected chi connectivity index (χ0v) is 11.7. The van der Waals surface area contributed by atoms with Gasteiger partial charge in [0.2, 0.25) is 0 Å². The first-order valence-corrected chi connectivity index (χ1v) is 6.51. The van der Waals surface area contributed by atoms with Gasteiger partial charge in [-0.15, -0.1) is 0 Å². The Morgan fingerprint density at radius 2 is 2.00 bits per heavy atom. The van der Waals surface area contributed by atoms with Gasteiger partial charge in [0.1, 0.15) is 5.75 Å². The SMILES string of the molecule is CCNC(CC)C(C)c1cc(C)ccc1OC. The quantitative estimate of drug-likeness (QED) is 0.815. The Hall–Kier alpha value is -1.02. The lowest BCUT2D eigenvalue weighted by Crippen LogP contribution is -2.33. The number of nitrogens with one attached hydrogen (secondary N) is 1. The molecule has 0 saturated heterocycles. The molecule has 0 aromatic heterocycles. The standard InChI is InChI=1S/C15H25NO/c1-6-14(16-7-2)12(4)13-10-11(3)8-9-15(13)17-5/h8-10,12,14,16H,6-7H2,1-5H3. The molecule has 2 unspecified atom stereocenters. The second-order valence-corrected chi connectivity index (χ2v) is 4.61. The summed E-state index contributed by atoms with van der Waals surface area (Å²) in [6.07, 6.45) is 1.13. The van der Waals surface area contributed by atoms with Gasteiger partial charge in [0.25, 0.3) is 0 Å². The third-order valence-electron chi connectivity index (χ3n) is 3.39. The molecule has 0 bridgehead atoms. The van der Waals surface area contributed by atoms with Crippen molar-refractivity contribution in [2.45, 2.75) is 46.1 Å². The Morgan fingerprint density at radius 3 is 2.53 bits per heavy atom. The lowest BCUT2D eigenvalue weighted by atomic mass is 9.90. The predicted molar refractivity (Wildman–Crippen MR) is 73.9 cm³/mol. The van der Waals surface area contributed by atoms with E-state index in [1.54, 1.807) is 7.11 Å². The van der Waals surface area contributed by atoms with E-state index in [0.717, 1.165) is 18.7 Å². The van der Waals surface area contributed by atoms with E-state index in [2.05, 4.69) is 51.2 Å². The molecule has 2 nitrogen and oxygen atoms in total. The number of hydrogen-bond acceptors (Lipinski definition) is 2.